The minimum absolute atomic E-state index is 0. The zero-order chi connectivity index (χ0) is 18.2. The maximum absolute atomic E-state index is 12.4. The molecule has 0 radical (unpaired) electrons. The Labute approximate surface area is 173 Å². The minimum Gasteiger partial charge on any atom is -0.368 e. The minimum atomic E-state index is -0.254. The zero-order valence-corrected chi connectivity index (χ0v) is 18.4. The molecule has 2 saturated heterocycles. The van der Waals surface area contributed by atoms with Crippen LogP contribution in [-0.2, 0) is 14.3 Å². The van der Waals surface area contributed by atoms with Crippen LogP contribution in [0, 0.1) is 0 Å². The van der Waals surface area contributed by atoms with Crippen molar-refractivity contribution in [2.24, 2.45) is 4.99 Å². The van der Waals surface area contributed by atoms with Crippen LogP contribution in [-0.4, -0.2) is 98.5 Å². The smallest absolute Gasteiger partial charge is 0.251 e. The molecule has 1 atom stereocenters. The van der Waals surface area contributed by atoms with Crippen molar-refractivity contribution in [3.63, 3.8) is 0 Å². The van der Waals surface area contributed by atoms with Crippen LogP contribution in [0.5, 0.6) is 0 Å². The molecule has 1 N–H and O–H groups in total. The van der Waals surface area contributed by atoms with E-state index < -0.39 is 0 Å². The zero-order valence-electron chi connectivity index (χ0n) is 16.1. The van der Waals surface area contributed by atoms with Crippen molar-refractivity contribution in [3.8, 4) is 0 Å². The molecule has 8 nitrogen and oxygen atoms in total. The predicted octanol–water partition coefficient (Wildman–Crippen LogP) is 0.371. The highest BCUT2D eigenvalue weighted by Crippen LogP contribution is 2.16. The van der Waals surface area contributed by atoms with Gasteiger partial charge >= 0.3 is 0 Å². The van der Waals surface area contributed by atoms with Crippen molar-refractivity contribution < 1.29 is 14.3 Å². The topological polar surface area (TPSA) is 77.5 Å². The molecule has 0 aromatic carbocycles. The summed E-state index contributed by atoms with van der Waals surface area (Å²) in [5, 5.41) is 3.31. The SMILES string of the molecule is CCCNC(=NCC(=O)N(C)C)N1CCN(C(=O)C2CCCO2)CC1.I. The maximum atomic E-state index is 12.4. The van der Waals surface area contributed by atoms with Gasteiger partial charge in [0.2, 0.25) is 5.91 Å². The normalized spacial score (nSPS) is 20.6. The summed E-state index contributed by atoms with van der Waals surface area (Å²) in [7, 11) is 3.46. The Morgan fingerprint density at radius 2 is 1.85 bits per heavy atom. The predicted molar refractivity (Wildman–Crippen MR) is 112 cm³/mol. The summed E-state index contributed by atoms with van der Waals surface area (Å²) >= 11 is 0. The first-order valence-corrected chi connectivity index (χ1v) is 9.16. The standard InChI is InChI=1S/C17H31N5O3.HI/c1-4-7-18-17(19-13-15(23)20(2)3)22-10-8-21(9-11-22)16(24)14-6-5-12-25-14;/h14H,4-13H2,1-3H3,(H,18,19);1H. The largest absolute Gasteiger partial charge is 0.368 e. The molecule has 2 rings (SSSR count). The Balaban J connectivity index is 0.00000338. The van der Waals surface area contributed by atoms with Crippen molar-refractivity contribution in [2.75, 3.05) is 60.0 Å². The first kappa shape index (κ1) is 22.9. The van der Waals surface area contributed by atoms with E-state index >= 15 is 0 Å². The molecule has 0 saturated carbocycles. The summed E-state index contributed by atoms with van der Waals surface area (Å²) in [6.07, 6.45) is 2.53. The highest BCUT2D eigenvalue weighted by atomic mass is 127. The van der Waals surface area contributed by atoms with Gasteiger partial charge in [-0.15, -0.1) is 24.0 Å². The van der Waals surface area contributed by atoms with E-state index in [1.807, 2.05) is 4.90 Å². The Hall–Kier alpha value is -1.10. The summed E-state index contributed by atoms with van der Waals surface area (Å²) in [4.78, 5) is 34.2. The highest BCUT2D eigenvalue weighted by molar-refractivity contribution is 14.0. The van der Waals surface area contributed by atoms with Gasteiger partial charge in [0.05, 0.1) is 0 Å². The van der Waals surface area contributed by atoms with E-state index in [1.165, 1.54) is 0 Å². The fourth-order valence-corrected chi connectivity index (χ4v) is 2.90. The number of carbonyl (C=O) groups is 2. The van der Waals surface area contributed by atoms with E-state index in [0.29, 0.717) is 32.8 Å². The Bertz CT molecular complexity index is 487. The fraction of sp³-hybridized carbons (Fsp3) is 0.824. The number of likely N-dealkylation sites (N-methyl/N-ethyl adjacent to an activating group) is 1. The van der Waals surface area contributed by atoms with Crippen LogP contribution in [0.15, 0.2) is 4.99 Å². The molecule has 9 heteroatoms. The van der Waals surface area contributed by atoms with Gasteiger partial charge in [-0.25, -0.2) is 4.99 Å². The average molecular weight is 481 g/mol. The number of aliphatic imine (C=N–C) groups is 1. The molecule has 0 spiro atoms. The molecule has 2 aliphatic rings. The van der Waals surface area contributed by atoms with Gasteiger partial charge in [0.15, 0.2) is 5.96 Å². The number of carbonyl (C=O) groups excluding carboxylic acids is 2. The third-order valence-corrected chi connectivity index (χ3v) is 4.49. The van der Waals surface area contributed by atoms with E-state index in [4.69, 9.17) is 4.74 Å². The van der Waals surface area contributed by atoms with E-state index in [0.717, 1.165) is 31.8 Å². The van der Waals surface area contributed by atoms with Crippen molar-refractivity contribution in [2.45, 2.75) is 32.3 Å². The molecule has 2 aliphatic heterocycles. The first-order valence-electron chi connectivity index (χ1n) is 9.16. The molecule has 0 aromatic heterocycles. The molecular weight excluding hydrogens is 449 g/mol. The monoisotopic (exact) mass is 481 g/mol. The fourth-order valence-electron chi connectivity index (χ4n) is 2.90. The molecular formula is C17H32IN5O3. The third kappa shape index (κ3) is 6.57. The van der Waals surface area contributed by atoms with Crippen LogP contribution >= 0.6 is 24.0 Å². The summed E-state index contributed by atoms with van der Waals surface area (Å²) < 4.78 is 5.50. The number of hydrogen-bond acceptors (Lipinski definition) is 4. The highest BCUT2D eigenvalue weighted by Gasteiger charge is 2.30. The second-order valence-electron chi connectivity index (χ2n) is 6.67. The second kappa shape index (κ2) is 11.6. The lowest BCUT2D eigenvalue weighted by Crippen LogP contribution is -2.55. The molecule has 0 aliphatic carbocycles. The number of amides is 2. The van der Waals surface area contributed by atoms with Crippen LogP contribution in [0.1, 0.15) is 26.2 Å². The quantitative estimate of drug-likeness (QED) is 0.349. The molecule has 0 bridgehead atoms. The number of rotatable bonds is 5. The molecule has 2 fully saturated rings. The van der Waals surface area contributed by atoms with Gasteiger partial charge < -0.3 is 24.8 Å². The van der Waals surface area contributed by atoms with Crippen molar-refractivity contribution in [1.82, 2.24) is 20.0 Å². The Morgan fingerprint density at radius 3 is 2.38 bits per heavy atom. The summed E-state index contributed by atoms with van der Waals surface area (Å²) in [5.74, 6) is 0.837. The lowest BCUT2D eigenvalue weighted by Gasteiger charge is -2.37. The van der Waals surface area contributed by atoms with Crippen molar-refractivity contribution >= 4 is 41.8 Å². The third-order valence-electron chi connectivity index (χ3n) is 4.49. The molecule has 0 aromatic rings. The van der Waals surface area contributed by atoms with Gasteiger partial charge in [0, 0.05) is 53.4 Å². The lowest BCUT2D eigenvalue weighted by molar-refractivity contribution is -0.142. The van der Waals surface area contributed by atoms with Gasteiger partial charge in [0.25, 0.3) is 5.91 Å². The Morgan fingerprint density at radius 1 is 1.19 bits per heavy atom. The summed E-state index contributed by atoms with van der Waals surface area (Å²) in [5.41, 5.74) is 0. The van der Waals surface area contributed by atoms with Gasteiger partial charge in [-0.05, 0) is 19.3 Å². The van der Waals surface area contributed by atoms with Crippen LogP contribution in [0.2, 0.25) is 0 Å². The molecule has 2 amide bonds. The summed E-state index contributed by atoms with van der Waals surface area (Å²) in [6, 6.07) is 0. The number of guanidine groups is 1. The number of nitrogens with zero attached hydrogens (tertiary/aromatic N) is 4. The van der Waals surface area contributed by atoms with Gasteiger partial charge in [0.1, 0.15) is 12.6 Å². The maximum Gasteiger partial charge on any atom is 0.251 e. The van der Waals surface area contributed by atoms with E-state index in [2.05, 4.69) is 22.1 Å². The summed E-state index contributed by atoms with van der Waals surface area (Å²) in [6.45, 7) is 6.47. The Kier molecular flexibility index (Phi) is 10.2. The van der Waals surface area contributed by atoms with Crippen LogP contribution in [0.4, 0.5) is 0 Å². The molecule has 150 valence electrons. The van der Waals surface area contributed by atoms with E-state index in [1.54, 1.807) is 19.0 Å². The second-order valence-corrected chi connectivity index (χ2v) is 6.67. The first-order chi connectivity index (χ1) is 12.0. The number of ether oxygens (including phenoxy) is 1. The van der Waals surface area contributed by atoms with Crippen molar-refractivity contribution in [3.05, 3.63) is 0 Å². The molecule has 1 unspecified atom stereocenters. The number of hydrogen-bond donors (Lipinski definition) is 1. The number of nitrogens with one attached hydrogen (secondary N) is 1. The van der Waals surface area contributed by atoms with Gasteiger partial charge in [-0.1, -0.05) is 6.92 Å². The lowest BCUT2D eigenvalue weighted by atomic mass is 10.2. The van der Waals surface area contributed by atoms with Crippen molar-refractivity contribution in [1.29, 1.82) is 0 Å². The average Bonchev–Trinajstić information content (AvgIpc) is 3.15. The van der Waals surface area contributed by atoms with E-state index in [9.17, 15) is 9.59 Å². The van der Waals surface area contributed by atoms with Crippen LogP contribution in [0.3, 0.4) is 0 Å². The molecule has 2 heterocycles. The van der Waals surface area contributed by atoms with E-state index in [-0.39, 0.29) is 48.4 Å². The van der Waals surface area contributed by atoms with Gasteiger partial charge in [-0.3, -0.25) is 9.59 Å². The number of halogens is 1. The number of piperazine rings is 1. The van der Waals surface area contributed by atoms with Gasteiger partial charge in [-0.2, -0.15) is 0 Å². The van der Waals surface area contributed by atoms with Crippen LogP contribution in [0.25, 0.3) is 0 Å². The molecule has 26 heavy (non-hydrogen) atoms. The van der Waals surface area contributed by atoms with Crippen LogP contribution < -0.4 is 5.32 Å².